The molecule has 8 heteroatoms. The van der Waals surface area contributed by atoms with E-state index in [1.54, 1.807) is 20.8 Å². The smallest absolute Gasteiger partial charge is 0.408 e. The number of esters is 1. The molecule has 2 aromatic carbocycles. The third-order valence-electron chi connectivity index (χ3n) is 6.01. The lowest BCUT2D eigenvalue weighted by molar-refractivity contribution is -0.163. The number of hydrogen-bond acceptors (Lipinski definition) is 6. The quantitative estimate of drug-likeness (QED) is 0.483. The van der Waals surface area contributed by atoms with Gasteiger partial charge in [0.05, 0.1) is 6.04 Å². The molecule has 0 spiro atoms. The van der Waals surface area contributed by atoms with E-state index in [0.29, 0.717) is 19.4 Å². The minimum absolute atomic E-state index is 0.0514. The van der Waals surface area contributed by atoms with Gasteiger partial charge in [0.25, 0.3) is 0 Å². The number of nitrogens with one attached hydrogen (secondary N) is 1. The van der Waals surface area contributed by atoms with Crippen LogP contribution in [0.5, 0.6) is 0 Å². The number of alkyl carbamates (subject to hydrolysis) is 1. The highest BCUT2D eigenvalue weighted by Crippen LogP contribution is 2.22. The minimum Gasteiger partial charge on any atom is -0.458 e. The van der Waals surface area contributed by atoms with Crippen LogP contribution >= 0.6 is 0 Å². The maximum Gasteiger partial charge on any atom is 0.408 e. The Hall–Kier alpha value is -3.68. The van der Waals surface area contributed by atoms with Crippen molar-refractivity contribution < 1.29 is 28.7 Å². The third-order valence-corrected chi connectivity index (χ3v) is 6.01. The molecule has 0 saturated carbocycles. The molecule has 0 aromatic heterocycles. The predicted octanol–water partition coefficient (Wildman–Crippen LogP) is 4.21. The van der Waals surface area contributed by atoms with Crippen molar-refractivity contribution >= 4 is 23.8 Å². The van der Waals surface area contributed by atoms with Crippen LogP contribution in [0, 0.1) is 0 Å². The molecular weight excluding hydrogens is 472 g/mol. The van der Waals surface area contributed by atoms with Crippen LogP contribution in [-0.2, 0) is 36.9 Å². The zero-order valence-electron chi connectivity index (χ0n) is 21.8. The van der Waals surface area contributed by atoms with E-state index in [4.69, 9.17) is 9.47 Å². The summed E-state index contributed by atoms with van der Waals surface area (Å²) in [6, 6.07) is 17.1. The van der Waals surface area contributed by atoms with Crippen LogP contribution in [0.2, 0.25) is 0 Å². The molecule has 1 saturated heterocycles. The standard InChI is InChI=1S/C29H36N2O6/c1-29(2,3)37-27(34)24-15-10-18-31(24)26(33)17-16-25(32)23(19-21-11-6-4-7-12-21)30-28(35)36-20-22-13-8-5-9-14-22/h4-9,11-14,23-24H,10,15-20H2,1-3H3,(H,30,35)/t23-,24-/m0/s1. The highest BCUT2D eigenvalue weighted by atomic mass is 16.6. The number of ketones is 1. The summed E-state index contributed by atoms with van der Waals surface area (Å²) in [6.45, 7) is 5.90. The Morgan fingerprint density at radius 1 is 0.946 bits per heavy atom. The van der Waals surface area contributed by atoms with Gasteiger partial charge in [-0.3, -0.25) is 9.59 Å². The number of amides is 2. The Labute approximate surface area is 218 Å². The topological polar surface area (TPSA) is 102 Å². The number of nitrogens with zero attached hydrogens (tertiary/aromatic N) is 1. The van der Waals surface area contributed by atoms with Gasteiger partial charge in [-0.25, -0.2) is 9.59 Å². The molecule has 0 unspecified atom stereocenters. The zero-order chi connectivity index (χ0) is 26.8. The molecule has 2 amide bonds. The van der Waals surface area contributed by atoms with Gasteiger partial charge < -0.3 is 19.7 Å². The van der Waals surface area contributed by atoms with Crippen LogP contribution < -0.4 is 5.32 Å². The van der Waals surface area contributed by atoms with E-state index in [0.717, 1.165) is 11.1 Å². The fourth-order valence-corrected chi connectivity index (χ4v) is 4.23. The molecule has 0 radical (unpaired) electrons. The number of rotatable bonds is 10. The Morgan fingerprint density at radius 3 is 2.19 bits per heavy atom. The molecule has 2 atom stereocenters. The second-order valence-electron chi connectivity index (χ2n) is 10.2. The van der Waals surface area contributed by atoms with Gasteiger partial charge in [0.15, 0.2) is 5.78 Å². The van der Waals surface area contributed by atoms with Crippen molar-refractivity contribution in [3.05, 3.63) is 71.8 Å². The van der Waals surface area contributed by atoms with Crippen LogP contribution in [-0.4, -0.2) is 52.9 Å². The highest BCUT2D eigenvalue weighted by Gasteiger charge is 2.37. The normalized spacial score (nSPS) is 16.1. The molecule has 1 aliphatic heterocycles. The molecular formula is C29H36N2O6. The monoisotopic (exact) mass is 508 g/mol. The number of carbonyl (C=O) groups is 4. The van der Waals surface area contributed by atoms with E-state index >= 15 is 0 Å². The molecule has 2 aromatic rings. The molecule has 8 nitrogen and oxygen atoms in total. The summed E-state index contributed by atoms with van der Waals surface area (Å²) in [5.74, 6) is -0.969. The maximum atomic E-state index is 13.1. The Kier molecular flexibility index (Phi) is 9.83. The second-order valence-corrected chi connectivity index (χ2v) is 10.2. The maximum absolute atomic E-state index is 13.1. The van der Waals surface area contributed by atoms with Crippen molar-refractivity contribution in [2.75, 3.05) is 6.54 Å². The van der Waals surface area contributed by atoms with Crippen molar-refractivity contribution in [1.82, 2.24) is 10.2 Å². The first kappa shape index (κ1) is 27.9. The average Bonchev–Trinajstić information content (AvgIpc) is 3.36. The first-order valence-corrected chi connectivity index (χ1v) is 12.7. The second kappa shape index (κ2) is 13.0. The molecule has 0 aliphatic carbocycles. The molecule has 0 bridgehead atoms. The summed E-state index contributed by atoms with van der Waals surface area (Å²) in [7, 11) is 0. The molecule has 1 fully saturated rings. The first-order chi connectivity index (χ1) is 17.6. The molecule has 198 valence electrons. The Balaban J connectivity index is 1.59. The predicted molar refractivity (Wildman–Crippen MR) is 139 cm³/mol. The number of benzene rings is 2. The van der Waals surface area contributed by atoms with Crippen LogP contribution in [0.3, 0.4) is 0 Å². The van der Waals surface area contributed by atoms with E-state index < -0.39 is 29.7 Å². The van der Waals surface area contributed by atoms with E-state index in [2.05, 4.69) is 5.32 Å². The van der Waals surface area contributed by atoms with E-state index in [1.807, 2.05) is 60.7 Å². The summed E-state index contributed by atoms with van der Waals surface area (Å²) < 4.78 is 10.8. The van der Waals surface area contributed by atoms with Gasteiger partial charge in [-0.1, -0.05) is 60.7 Å². The number of hydrogen-bond donors (Lipinski definition) is 1. The van der Waals surface area contributed by atoms with E-state index in [9.17, 15) is 19.2 Å². The van der Waals surface area contributed by atoms with Gasteiger partial charge in [0, 0.05) is 19.4 Å². The third kappa shape index (κ3) is 9.04. The van der Waals surface area contributed by atoms with Crippen LogP contribution in [0.1, 0.15) is 57.6 Å². The highest BCUT2D eigenvalue weighted by molar-refractivity contribution is 5.92. The fraction of sp³-hybridized carbons (Fsp3) is 0.448. The zero-order valence-corrected chi connectivity index (χ0v) is 21.8. The van der Waals surface area contributed by atoms with Gasteiger partial charge in [-0.15, -0.1) is 0 Å². The lowest BCUT2D eigenvalue weighted by Gasteiger charge is -2.27. The van der Waals surface area contributed by atoms with Crippen LogP contribution in [0.15, 0.2) is 60.7 Å². The number of ether oxygens (including phenoxy) is 2. The summed E-state index contributed by atoms with van der Waals surface area (Å²) in [5.41, 5.74) is 1.06. The molecule has 3 rings (SSSR count). The van der Waals surface area contributed by atoms with Gasteiger partial charge in [0.1, 0.15) is 18.2 Å². The summed E-state index contributed by atoms with van der Waals surface area (Å²) in [6.07, 6.45) is 0.707. The van der Waals surface area contributed by atoms with Crippen molar-refractivity contribution in [3.8, 4) is 0 Å². The van der Waals surface area contributed by atoms with Gasteiger partial charge in [-0.2, -0.15) is 0 Å². The van der Waals surface area contributed by atoms with E-state index in [1.165, 1.54) is 4.90 Å². The first-order valence-electron chi connectivity index (χ1n) is 12.7. The summed E-state index contributed by atoms with van der Waals surface area (Å²) in [5, 5.41) is 2.67. The van der Waals surface area contributed by atoms with Crippen LogP contribution in [0.4, 0.5) is 4.79 Å². The van der Waals surface area contributed by atoms with E-state index in [-0.39, 0.29) is 37.6 Å². The number of carbonyl (C=O) groups excluding carboxylic acids is 4. The number of likely N-dealkylation sites (tertiary alicyclic amines) is 1. The molecule has 37 heavy (non-hydrogen) atoms. The van der Waals surface area contributed by atoms with Crippen molar-refractivity contribution in [2.24, 2.45) is 0 Å². The Morgan fingerprint density at radius 2 is 1.57 bits per heavy atom. The fourth-order valence-electron chi connectivity index (χ4n) is 4.23. The van der Waals surface area contributed by atoms with Gasteiger partial charge in [0.2, 0.25) is 5.91 Å². The molecule has 1 heterocycles. The summed E-state index contributed by atoms with van der Waals surface area (Å²) >= 11 is 0. The lowest BCUT2D eigenvalue weighted by Crippen LogP contribution is -2.45. The molecule has 1 aliphatic rings. The lowest BCUT2D eigenvalue weighted by atomic mass is 9.99. The van der Waals surface area contributed by atoms with Gasteiger partial charge >= 0.3 is 12.1 Å². The van der Waals surface area contributed by atoms with Crippen molar-refractivity contribution in [3.63, 3.8) is 0 Å². The SMILES string of the molecule is CC(C)(C)OC(=O)[C@@H]1CCCN1C(=O)CCC(=O)[C@H](Cc1ccccc1)NC(=O)OCc1ccccc1. The largest absolute Gasteiger partial charge is 0.458 e. The average molecular weight is 509 g/mol. The van der Waals surface area contributed by atoms with Crippen molar-refractivity contribution in [1.29, 1.82) is 0 Å². The molecule has 1 N–H and O–H groups in total. The van der Waals surface area contributed by atoms with Gasteiger partial charge in [-0.05, 0) is 51.2 Å². The van der Waals surface area contributed by atoms with Crippen LogP contribution in [0.25, 0.3) is 0 Å². The summed E-state index contributed by atoms with van der Waals surface area (Å²) in [4.78, 5) is 52.7. The number of Topliss-reactive ketones (excluding diaryl/α,β-unsaturated/α-hetero) is 1. The Bertz CT molecular complexity index is 1060. The van der Waals surface area contributed by atoms with Crippen molar-refractivity contribution in [2.45, 2.75) is 77.2 Å². The minimum atomic E-state index is -0.848.